The van der Waals surface area contributed by atoms with E-state index in [-0.39, 0.29) is 30.3 Å². The van der Waals surface area contributed by atoms with Gasteiger partial charge in [0.1, 0.15) is 0 Å². The lowest BCUT2D eigenvalue weighted by Gasteiger charge is -2.20. The Morgan fingerprint density at radius 1 is 1.33 bits per heavy atom. The summed E-state index contributed by atoms with van der Waals surface area (Å²) in [5.74, 6) is -0.322. The van der Waals surface area contributed by atoms with Crippen LogP contribution in [-0.2, 0) is 14.3 Å². The Morgan fingerprint density at radius 3 is 2.71 bits per heavy atom. The van der Waals surface area contributed by atoms with Crippen LogP contribution in [-0.4, -0.2) is 56.6 Å². The molecule has 2 atom stereocenters. The minimum Gasteiger partial charge on any atom is -0.378 e. The second kappa shape index (κ2) is 7.21. The van der Waals surface area contributed by atoms with Gasteiger partial charge in [0.2, 0.25) is 11.8 Å². The first kappa shape index (κ1) is 16.8. The summed E-state index contributed by atoms with van der Waals surface area (Å²) < 4.78 is 5.59. The maximum Gasteiger partial charge on any atom is 0.229 e. The van der Waals surface area contributed by atoms with Crippen LogP contribution >= 0.6 is 0 Å². The number of likely N-dealkylation sites (tertiary alicyclic amines) is 1. The fraction of sp³-hybridized carbons (Fsp3) is 0.556. The average molecular weight is 331 g/mol. The lowest BCUT2D eigenvalue weighted by atomic mass is 10.1. The van der Waals surface area contributed by atoms with Gasteiger partial charge in [0, 0.05) is 51.6 Å². The maximum absolute atomic E-state index is 12.4. The van der Waals surface area contributed by atoms with Crippen LogP contribution in [0.2, 0.25) is 0 Å². The molecule has 0 radical (unpaired) electrons. The third kappa shape index (κ3) is 3.87. The van der Waals surface area contributed by atoms with Crippen molar-refractivity contribution >= 4 is 23.2 Å². The Morgan fingerprint density at radius 2 is 2.08 bits per heavy atom. The summed E-state index contributed by atoms with van der Waals surface area (Å²) in [5.41, 5.74) is 1.84. The number of amides is 2. The van der Waals surface area contributed by atoms with Crippen molar-refractivity contribution in [3.63, 3.8) is 0 Å². The smallest absolute Gasteiger partial charge is 0.229 e. The molecule has 0 bridgehead atoms. The number of nitrogens with zero attached hydrogens (tertiary/aromatic N) is 2. The van der Waals surface area contributed by atoms with Crippen LogP contribution in [0.1, 0.15) is 19.3 Å². The highest BCUT2D eigenvalue weighted by atomic mass is 16.5. The van der Waals surface area contributed by atoms with E-state index < -0.39 is 0 Å². The predicted molar refractivity (Wildman–Crippen MR) is 93.1 cm³/mol. The highest BCUT2D eigenvalue weighted by Gasteiger charge is 2.35. The summed E-state index contributed by atoms with van der Waals surface area (Å²) >= 11 is 0. The number of carbonyl (C=O) groups excluding carboxylic acids is 2. The normalized spacial score (nSPS) is 23.6. The van der Waals surface area contributed by atoms with E-state index in [9.17, 15) is 9.59 Å². The van der Waals surface area contributed by atoms with E-state index in [4.69, 9.17) is 4.74 Å². The standard InChI is InChI=1S/C18H25N3O3/c1-20(2)15-7-5-14(6-8-15)19-18(23)13-10-17(22)21(11-13)12-16-4-3-9-24-16/h5-8,13,16H,3-4,9-12H2,1-2H3,(H,19,23). The fourth-order valence-electron chi connectivity index (χ4n) is 3.25. The van der Waals surface area contributed by atoms with Crippen LogP contribution in [0.15, 0.2) is 24.3 Å². The first-order valence-corrected chi connectivity index (χ1v) is 8.50. The highest BCUT2D eigenvalue weighted by molar-refractivity contribution is 5.97. The molecule has 1 N–H and O–H groups in total. The number of benzene rings is 1. The number of hydrogen-bond acceptors (Lipinski definition) is 4. The first-order valence-electron chi connectivity index (χ1n) is 8.50. The fourth-order valence-corrected chi connectivity index (χ4v) is 3.25. The van der Waals surface area contributed by atoms with Crippen LogP contribution in [0.4, 0.5) is 11.4 Å². The zero-order valence-corrected chi connectivity index (χ0v) is 14.3. The molecular weight excluding hydrogens is 306 g/mol. The average Bonchev–Trinajstić information content (AvgIpc) is 3.19. The van der Waals surface area contributed by atoms with E-state index in [0.29, 0.717) is 13.1 Å². The minimum absolute atomic E-state index is 0.0496. The molecule has 1 aromatic carbocycles. The summed E-state index contributed by atoms with van der Waals surface area (Å²) in [7, 11) is 3.95. The molecule has 2 saturated heterocycles. The van der Waals surface area contributed by atoms with Gasteiger partial charge in [0.15, 0.2) is 0 Å². The van der Waals surface area contributed by atoms with Gasteiger partial charge in [-0.1, -0.05) is 0 Å². The Kier molecular flexibility index (Phi) is 5.04. The van der Waals surface area contributed by atoms with E-state index in [0.717, 1.165) is 30.8 Å². The molecule has 0 aromatic heterocycles. The molecule has 1 aromatic rings. The monoisotopic (exact) mass is 331 g/mol. The Bertz CT molecular complexity index is 594. The minimum atomic E-state index is -0.285. The number of rotatable bonds is 5. The first-order chi connectivity index (χ1) is 11.5. The maximum atomic E-state index is 12.4. The molecule has 2 unspecified atom stereocenters. The van der Waals surface area contributed by atoms with Crippen LogP contribution in [0, 0.1) is 5.92 Å². The van der Waals surface area contributed by atoms with E-state index >= 15 is 0 Å². The van der Waals surface area contributed by atoms with E-state index in [2.05, 4.69) is 5.32 Å². The van der Waals surface area contributed by atoms with Crippen LogP contribution < -0.4 is 10.2 Å². The molecule has 6 heteroatoms. The lowest BCUT2D eigenvalue weighted by molar-refractivity contribution is -0.129. The summed E-state index contributed by atoms with van der Waals surface area (Å²) in [6.45, 7) is 1.88. The van der Waals surface area contributed by atoms with Crippen molar-refractivity contribution in [2.24, 2.45) is 5.92 Å². The topological polar surface area (TPSA) is 61.9 Å². The third-order valence-electron chi connectivity index (χ3n) is 4.68. The van der Waals surface area contributed by atoms with Crippen molar-refractivity contribution in [1.82, 2.24) is 4.90 Å². The Labute approximate surface area is 142 Å². The summed E-state index contributed by atoms with van der Waals surface area (Å²) in [6, 6.07) is 7.68. The Hall–Kier alpha value is -2.08. The van der Waals surface area contributed by atoms with Gasteiger partial charge in [-0.05, 0) is 37.1 Å². The van der Waals surface area contributed by atoms with Gasteiger partial charge in [0.25, 0.3) is 0 Å². The summed E-state index contributed by atoms with van der Waals surface area (Å²) in [5, 5.41) is 2.92. The molecule has 2 amide bonds. The third-order valence-corrected chi connectivity index (χ3v) is 4.68. The van der Waals surface area contributed by atoms with Crippen molar-refractivity contribution in [2.75, 3.05) is 44.0 Å². The van der Waals surface area contributed by atoms with Crippen molar-refractivity contribution in [2.45, 2.75) is 25.4 Å². The SMILES string of the molecule is CN(C)c1ccc(NC(=O)C2CC(=O)N(CC3CCCO3)C2)cc1. The van der Waals surface area contributed by atoms with Crippen molar-refractivity contribution < 1.29 is 14.3 Å². The van der Waals surface area contributed by atoms with Crippen LogP contribution in [0.3, 0.4) is 0 Å². The number of anilines is 2. The van der Waals surface area contributed by atoms with Crippen molar-refractivity contribution in [3.8, 4) is 0 Å². The zero-order valence-electron chi connectivity index (χ0n) is 14.3. The number of carbonyl (C=O) groups is 2. The summed E-state index contributed by atoms with van der Waals surface area (Å²) in [6.07, 6.45) is 2.47. The zero-order chi connectivity index (χ0) is 17.1. The Balaban J connectivity index is 1.54. The lowest BCUT2D eigenvalue weighted by Crippen LogP contribution is -2.34. The predicted octanol–water partition coefficient (Wildman–Crippen LogP) is 1.72. The van der Waals surface area contributed by atoms with Crippen LogP contribution in [0.5, 0.6) is 0 Å². The van der Waals surface area contributed by atoms with Gasteiger partial charge in [-0.3, -0.25) is 9.59 Å². The molecule has 2 aliphatic heterocycles. The molecule has 6 nitrogen and oxygen atoms in total. The molecule has 0 spiro atoms. The number of hydrogen-bond donors (Lipinski definition) is 1. The molecule has 0 saturated carbocycles. The van der Waals surface area contributed by atoms with Crippen molar-refractivity contribution in [3.05, 3.63) is 24.3 Å². The number of ether oxygens (including phenoxy) is 1. The van der Waals surface area contributed by atoms with Crippen LogP contribution in [0.25, 0.3) is 0 Å². The second-order valence-electron chi connectivity index (χ2n) is 6.77. The van der Waals surface area contributed by atoms with Gasteiger partial charge < -0.3 is 19.9 Å². The van der Waals surface area contributed by atoms with E-state index in [1.54, 1.807) is 4.90 Å². The molecule has 3 rings (SSSR count). The van der Waals surface area contributed by atoms with Gasteiger partial charge in [-0.2, -0.15) is 0 Å². The second-order valence-corrected chi connectivity index (χ2v) is 6.77. The van der Waals surface area contributed by atoms with E-state index in [1.165, 1.54) is 0 Å². The van der Waals surface area contributed by atoms with Gasteiger partial charge >= 0.3 is 0 Å². The molecule has 2 heterocycles. The molecule has 24 heavy (non-hydrogen) atoms. The summed E-state index contributed by atoms with van der Waals surface area (Å²) in [4.78, 5) is 28.3. The van der Waals surface area contributed by atoms with Gasteiger partial charge in [-0.25, -0.2) is 0 Å². The molecular formula is C18H25N3O3. The quantitative estimate of drug-likeness (QED) is 0.892. The van der Waals surface area contributed by atoms with Gasteiger partial charge in [0.05, 0.1) is 12.0 Å². The molecule has 2 fully saturated rings. The number of nitrogens with one attached hydrogen (secondary N) is 1. The molecule has 2 aliphatic rings. The van der Waals surface area contributed by atoms with Gasteiger partial charge in [-0.15, -0.1) is 0 Å². The van der Waals surface area contributed by atoms with Crippen molar-refractivity contribution in [1.29, 1.82) is 0 Å². The molecule has 0 aliphatic carbocycles. The molecule has 130 valence electrons. The van der Waals surface area contributed by atoms with E-state index in [1.807, 2.05) is 43.3 Å². The largest absolute Gasteiger partial charge is 0.378 e. The highest BCUT2D eigenvalue weighted by Crippen LogP contribution is 2.23.